The van der Waals surface area contributed by atoms with Gasteiger partial charge in [-0.2, -0.15) is 0 Å². The quantitative estimate of drug-likeness (QED) is 0.797. The van der Waals surface area contributed by atoms with Gasteiger partial charge in [0.1, 0.15) is 0 Å². The number of nitrogens with one attached hydrogen (secondary N) is 1. The molecule has 3 N–H and O–H groups in total. The Labute approximate surface area is 88.3 Å². The molecule has 0 saturated heterocycles. The molecule has 1 rings (SSSR count). The molecule has 1 aromatic heterocycles. The molecule has 78 valence electrons. The average Bonchev–Trinajstić information content (AvgIpc) is 2.53. The topological polar surface area (TPSA) is 55.1 Å². The molecule has 1 unspecified atom stereocenters. The average molecular weight is 212 g/mol. The van der Waals surface area contributed by atoms with Gasteiger partial charge in [-0.25, -0.2) is 0 Å². The van der Waals surface area contributed by atoms with Crippen LogP contribution in [0.25, 0.3) is 0 Å². The Kier molecular flexibility index (Phi) is 4.10. The van der Waals surface area contributed by atoms with Crippen molar-refractivity contribution >= 4 is 17.2 Å². The molecule has 0 aromatic carbocycles. The minimum atomic E-state index is -0.0782. The summed E-state index contributed by atoms with van der Waals surface area (Å²) in [5.74, 6) is 0.0147. The second kappa shape index (κ2) is 5.12. The highest BCUT2D eigenvalue weighted by molar-refractivity contribution is 7.10. The largest absolute Gasteiger partial charge is 0.349 e. The molecule has 1 amide bonds. The molecule has 0 aliphatic heterocycles. The first-order valence-electron chi connectivity index (χ1n) is 4.68. The number of hydrogen-bond acceptors (Lipinski definition) is 3. The van der Waals surface area contributed by atoms with E-state index < -0.39 is 0 Å². The van der Waals surface area contributed by atoms with Gasteiger partial charge in [0, 0.05) is 17.3 Å². The Hall–Kier alpha value is -0.870. The third kappa shape index (κ3) is 3.47. The van der Waals surface area contributed by atoms with E-state index in [1.807, 2.05) is 31.4 Å². The monoisotopic (exact) mass is 212 g/mol. The summed E-state index contributed by atoms with van der Waals surface area (Å²) < 4.78 is 0. The van der Waals surface area contributed by atoms with Crippen molar-refractivity contribution in [2.75, 3.05) is 0 Å². The molecule has 2 atom stereocenters. The smallest absolute Gasteiger partial charge is 0.222 e. The van der Waals surface area contributed by atoms with Crippen molar-refractivity contribution in [2.45, 2.75) is 32.4 Å². The summed E-state index contributed by atoms with van der Waals surface area (Å²) in [5, 5.41) is 4.91. The van der Waals surface area contributed by atoms with Gasteiger partial charge in [0.25, 0.3) is 0 Å². The zero-order chi connectivity index (χ0) is 10.6. The van der Waals surface area contributed by atoms with E-state index in [1.54, 1.807) is 11.3 Å². The van der Waals surface area contributed by atoms with Crippen molar-refractivity contribution in [1.29, 1.82) is 0 Å². The molecule has 0 saturated carbocycles. The standard InChI is InChI=1S/C10H16N2OS/c1-7(11)6-10(13)12-8(2)9-4-3-5-14-9/h3-5,7-8H,6,11H2,1-2H3,(H,12,13)/t7?,8-/m0/s1. The van der Waals surface area contributed by atoms with Gasteiger partial charge < -0.3 is 11.1 Å². The minimum absolute atomic E-state index is 0.0147. The van der Waals surface area contributed by atoms with Crippen molar-refractivity contribution in [3.05, 3.63) is 22.4 Å². The van der Waals surface area contributed by atoms with Crippen LogP contribution in [0.4, 0.5) is 0 Å². The van der Waals surface area contributed by atoms with Crippen molar-refractivity contribution in [3.63, 3.8) is 0 Å². The number of hydrogen-bond donors (Lipinski definition) is 2. The molecule has 1 aromatic rings. The Morgan fingerprint density at radius 1 is 1.64 bits per heavy atom. The molecule has 4 heteroatoms. The number of thiophene rings is 1. The first kappa shape index (κ1) is 11.2. The molecule has 3 nitrogen and oxygen atoms in total. The summed E-state index contributed by atoms with van der Waals surface area (Å²) in [7, 11) is 0. The van der Waals surface area contributed by atoms with Crippen LogP contribution in [-0.2, 0) is 4.79 Å². The van der Waals surface area contributed by atoms with Crippen LogP contribution in [-0.4, -0.2) is 11.9 Å². The number of carbonyl (C=O) groups is 1. The van der Waals surface area contributed by atoms with Gasteiger partial charge in [0.05, 0.1) is 6.04 Å². The van der Waals surface area contributed by atoms with Gasteiger partial charge >= 0.3 is 0 Å². The highest BCUT2D eigenvalue weighted by Gasteiger charge is 2.11. The van der Waals surface area contributed by atoms with E-state index in [2.05, 4.69) is 5.32 Å². The summed E-state index contributed by atoms with van der Waals surface area (Å²) in [5.41, 5.74) is 5.53. The number of rotatable bonds is 4. The van der Waals surface area contributed by atoms with Gasteiger partial charge in [-0.15, -0.1) is 11.3 Å². The predicted octanol–water partition coefficient (Wildman–Crippen LogP) is 1.66. The normalized spacial score (nSPS) is 14.8. The van der Waals surface area contributed by atoms with E-state index in [0.717, 1.165) is 0 Å². The predicted molar refractivity (Wildman–Crippen MR) is 59.1 cm³/mol. The summed E-state index contributed by atoms with van der Waals surface area (Å²) in [6, 6.07) is 4.00. The Balaban J connectivity index is 2.41. The molecule has 0 aliphatic carbocycles. The van der Waals surface area contributed by atoms with Crippen LogP contribution in [0.2, 0.25) is 0 Å². The lowest BCUT2D eigenvalue weighted by Crippen LogP contribution is -2.31. The summed E-state index contributed by atoms with van der Waals surface area (Å²) in [4.78, 5) is 12.5. The van der Waals surface area contributed by atoms with E-state index in [1.165, 1.54) is 4.88 Å². The van der Waals surface area contributed by atoms with Crippen LogP contribution in [0.15, 0.2) is 17.5 Å². The van der Waals surface area contributed by atoms with Crippen molar-refractivity contribution < 1.29 is 4.79 Å². The molecule has 14 heavy (non-hydrogen) atoms. The number of nitrogens with two attached hydrogens (primary N) is 1. The van der Waals surface area contributed by atoms with Crippen molar-refractivity contribution in [2.24, 2.45) is 5.73 Å². The lowest BCUT2D eigenvalue weighted by atomic mass is 10.2. The lowest BCUT2D eigenvalue weighted by Gasteiger charge is -2.13. The van der Waals surface area contributed by atoms with E-state index in [9.17, 15) is 4.79 Å². The molecule has 0 bridgehead atoms. The van der Waals surface area contributed by atoms with Gasteiger partial charge in [0.2, 0.25) is 5.91 Å². The maximum Gasteiger partial charge on any atom is 0.222 e. The zero-order valence-electron chi connectivity index (χ0n) is 8.49. The fourth-order valence-corrected chi connectivity index (χ4v) is 1.94. The van der Waals surface area contributed by atoms with E-state index in [-0.39, 0.29) is 18.0 Å². The molecule has 1 heterocycles. The van der Waals surface area contributed by atoms with E-state index >= 15 is 0 Å². The fourth-order valence-electron chi connectivity index (χ4n) is 1.20. The van der Waals surface area contributed by atoms with E-state index in [0.29, 0.717) is 6.42 Å². The summed E-state index contributed by atoms with van der Waals surface area (Å²) >= 11 is 1.65. The Morgan fingerprint density at radius 3 is 2.86 bits per heavy atom. The highest BCUT2D eigenvalue weighted by Crippen LogP contribution is 2.17. The van der Waals surface area contributed by atoms with E-state index in [4.69, 9.17) is 5.73 Å². The molecular weight excluding hydrogens is 196 g/mol. The van der Waals surface area contributed by atoms with Gasteiger partial charge in [-0.3, -0.25) is 4.79 Å². The van der Waals surface area contributed by atoms with Crippen LogP contribution in [0.1, 0.15) is 31.2 Å². The molecule has 0 aliphatic rings. The Morgan fingerprint density at radius 2 is 2.36 bits per heavy atom. The zero-order valence-corrected chi connectivity index (χ0v) is 9.30. The molecule has 0 fully saturated rings. The lowest BCUT2D eigenvalue weighted by molar-refractivity contribution is -0.121. The van der Waals surface area contributed by atoms with Gasteiger partial charge in [0.15, 0.2) is 0 Å². The van der Waals surface area contributed by atoms with Crippen LogP contribution in [0.5, 0.6) is 0 Å². The first-order chi connectivity index (χ1) is 6.59. The van der Waals surface area contributed by atoms with Crippen molar-refractivity contribution in [1.82, 2.24) is 5.32 Å². The minimum Gasteiger partial charge on any atom is -0.349 e. The van der Waals surface area contributed by atoms with Crippen LogP contribution >= 0.6 is 11.3 Å². The van der Waals surface area contributed by atoms with Crippen LogP contribution < -0.4 is 11.1 Å². The Bertz CT molecular complexity index is 282. The summed E-state index contributed by atoms with van der Waals surface area (Å²) in [6.45, 7) is 3.81. The third-order valence-electron chi connectivity index (χ3n) is 1.85. The number of carbonyl (C=O) groups excluding carboxylic acids is 1. The van der Waals surface area contributed by atoms with Gasteiger partial charge in [-0.1, -0.05) is 6.07 Å². The van der Waals surface area contributed by atoms with Crippen LogP contribution in [0.3, 0.4) is 0 Å². The third-order valence-corrected chi connectivity index (χ3v) is 2.91. The summed E-state index contributed by atoms with van der Waals surface area (Å²) in [6.07, 6.45) is 0.385. The SMILES string of the molecule is CC(N)CC(=O)N[C@@H](C)c1cccs1. The number of amides is 1. The molecular formula is C10H16N2OS. The van der Waals surface area contributed by atoms with Crippen molar-refractivity contribution in [3.8, 4) is 0 Å². The highest BCUT2D eigenvalue weighted by atomic mass is 32.1. The van der Waals surface area contributed by atoms with Gasteiger partial charge in [-0.05, 0) is 25.3 Å². The second-order valence-electron chi connectivity index (χ2n) is 3.49. The maximum atomic E-state index is 11.4. The molecule has 0 radical (unpaired) electrons. The fraction of sp³-hybridized carbons (Fsp3) is 0.500. The maximum absolute atomic E-state index is 11.4. The molecule has 0 spiro atoms. The second-order valence-corrected chi connectivity index (χ2v) is 4.47. The van der Waals surface area contributed by atoms with Crippen LogP contribution in [0, 0.1) is 0 Å². The first-order valence-corrected chi connectivity index (χ1v) is 5.56.